The summed E-state index contributed by atoms with van der Waals surface area (Å²) in [6.45, 7) is 4.87. The van der Waals surface area contributed by atoms with Crippen LogP contribution in [-0.2, 0) is 0 Å². The van der Waals surface area contributed by atoms with Crippen molar-refractivity contribution in [2.45, 2.75) is 38.7 Å². The molecule has 0 aliphatic carbocycles. The average Bonchev–Trinajstić information content (AvgIpc) is 3.18. The largest absolute Gasteiger partial charge is 0.497 e. The topological polar surface area (TPSA) is 86.0 Å². The molecular weight excluding hydrogens is 396 g/mol. The molecule has 8 nitrogen and oxygen atoms in total. The number of amides is 1. The highest BCUT2D eigenvalue weighted by Crippen LogP contribution is 2.40. The zero-order chi connectivity index (χ0) is 21.8. The standard InChI is InChI=1S/C23H24N4O4/c1-14-10-15(2)27-21(24-14)12-18(25-27)22(29)26-8-6-23(7-9-26)13-19(28)17-5-4-16(30-3)11-20(17)31-23/h4-5,10-12H,6-9,13H2,1-3H3. The smallest absolute Gasteiger partial charge is 0.274 e. The Balaban J connectivity index is 1.34. The molecule has 0 N–H and O–H groups in total. The maximum atomic E-state index is 13.1. The van der Waals surface area contributed by atoms with Crippen LogP contribution in [-0.4, -0.2) is 57.0 Å². The fraction of sp³-hybridized carbons (Fsp3) is 0.391. The molecule has 1 amide bonds. The van der Waals surface area contributed by atoms with Gasteiger partial charge >= 0.3 is 0 Å². The molecule has 1 fully saturated rings. The van der Waals surface area contributed by atoms with Crippen molar-refractivity contribution in [2.24, 2.45) is 0 Å². The van der Waals surface area contributed by atoms with E-state index < -0.39 is 5.60 Å². The third-order valence-corrected chi connectivity index (χ3v) is 6.21. The molecule has 2 aliphatic rings. The van der Waals surface area contributed by atoms with Gasteiger partial charge in [0, 0.05) is 49.5 Å². The van der Waals surface area contributed by atoms with Crippen molar-refractivity contribution in [1.82, 2.24) is 19.5 Å². The minimum Gasteiger partial charge on any atom is -0.497 e. The first-order valence-electron chi connectivity index (χ1n) is 10.4. The van der Waals surface area contributed by atoms with Crippen molar-refractivity contribution < 1.29 is 19.1 Å². The van der Waals surface area contributed by atoms with Crippen LogP contribution >= 0.6 is 0 Å². The Morgan fingerprint density at radius 1 is 1.16 bits per heavy atom. The lowest BCUT2D eigenvalue weighted by atomic mass is 9.82. The molecule has 31 heavy (non-hydrogen) atoms. The van der Waals surface area contributed by atoms with E-state index in [9.17, 15) is 9.59 Å². The summed E-state index contributed by atoms with van der Waals surface area (Å²) >= 11 is 0. The van der Waals surface area contributed by atoms with Crippen LogP contribution in [0.4, 0.5) is 0 Å². The van der Waals surface area contributed by atoms with Crippen molar-refractivity contribution >= 4 is 17.3 Å². The van der Waals surface area contributed by atoms with Gasteiger partial charge in [-0.15, -0.1) is 0 Å². The molecule has 2 aromatic heterocycles. The highest BCUT2D eigenvalue weighted by atomic mass is 16.5. The normalized spacial score (nSPS) is 17.5. The van der Waals surface area contributed by atoms with Crippen LogP contribution in [0.2, 0.25) is 0 Å². The van der Waals surface area contributed by atoms with Gasteiger partial charge in [0.15, 0.2) is 17.1 Å². The van der Waals surface area contributed by atoms with E-state index >= 15 is 0 Å². The molecule has 4 heterocycles. The minimum absolute atomic E-state index is 0.0703. The fourth-order valence-corrected chi connectivity index (χ4v) is 4.55. The van der Waals surface area contributed by atoms with Crippen molar-refractivity contribution in [3.8, 4) is 11.5 Å². The van der Waals surface area contributed by atoms with Gasteiger partial charge in [-0.25, -0.2) is 9.50 Å². The molecule has 1 spiro atoms. The molecule has 0 radical (unpaired) electrons. The van der Waals surface area contributed by atoms with Crippen LogP contribution in [0.1, 0.15) is 51.5 Å². The number of rotatable bonds is 2. The quantitative estimate of drug-likeness (QED) is 0.634. The lowest BCUT2D eigenvalue weighted by Crippen LogP contribution is -2.52. The summed E-state index contributed by atoms with van der Waals surface area (Å²) in [6.07, 6.45) is 1.50. The first-order chi connectivity index (χ1) is 14.9. The third kappa shape index (κ3) is 3.32. The Hall–Kier alpha value is -3.42. The summed E-state index contributed by atoms with van der Waals surface area (Å²) in [5.41, 5.74) is 2.88. The number of benzene rings is 1. The van der Waals surface area contributed by atoms with Gasteiger partial charge in [0.05, 0.1) is 19.1 Å². The van der Waals surface area contributed by atoms with Crippen molar-refractivity contribution in [1.29, 1.82) is 0 Å². The Morgan fingerprint density at radius 3 is 2.68 bits per heavy atom. The predicted octanol–water partition coefficient (Wildman–Crippen LogP) is 2.99. The highest BCUT2D eigenvalue weighted by Gasteiger charge is 2.44. The molecule has 0 atom stereocenters. The molecular formula is C23H24N4O4. The Bertz CT molecular complexity index is 1210. The summed E-state index contributed by atoms with van der Waals surface area (Å²) < 4.78 is 13.3. The van der Waals surface area contributed by atoms with Gasteiger partial charge < -0.3 is 14.4 Å². The fourth-order valence-electron chi connectivity index (χ4n) is 4.55. The van der Waals surface area contributed by atoms with Crippen LogP contribution in [0.5, 0.6) is 11.5 Å². The van der Waals surface area contributed by atoms with Gasteiger partial charge in [0.2, 0.25) is 0 Å². The maximum absolute atomic E-state index is 13.1. The van der Waals surface area contributed by atoms with E-state index in [1.54, 1.807) is 40.8 Å². The minimum atomic E-state index is -0.582. The number of aromatic nitrogens is 3. The van der Waals surface area contributed by atoms with Crippen LogP contribution < -0.4 is 9.47 Å². The van der Waals surface area contributed by atoms with Crippen molar-refractivity contribution in [2.75, 3.05) is 20.2 Å². The zero-order valence-electron chi connectivity index (χ0n) is 17.8. The molecule has 0 unspecified atom stereocenters. The zero-order valence-corrected chi connectivity index (χ0v) is 17.8. The SMILES string of the molecule is COc1ccc2c(c1)OC1(CCN(C(=O)c3cc4nc(C)cc(C)n4n3)CC1)CC2=O. The second-order valence-electron chi connectivity index (χ2n) is 8.38. The molecule has 1 aromatic carbocycles. The molecule has 3 aromatic rings. The van der Waals surface area contributed by atoms with E-state index in [4.69, 9.17) is 9.47 Å². The Labute approximate surface area is 179 Å². The first-order valence-corrected chi connectivity index (χ1v) is 10.4. The van der Waals surface area contributed by atoms with Gasteiger partial charge in [-0.3, -0.25) is 9.59 Å². The van der Waals surface area contributed by atoms with Crippen molar-refractivity contribution in [3.05, 3.63) is 53.0 Å². The van der Waals surface area contributed by atoms with Gasteiger partial charge in [-0.05, 0) is 32.0 Å². The lowest BCUT2D eigenvalue weighted by Gasteiger charge is -2.43. The Morgan fingerprint density at radius 2 is 1.94 bits per heavy atom. The van der Waals surface area contributed by atoms with E-state index in [0.29, 0.717) is 60.8 Å². The van der Waals surface area contributed by atoms with Gasteiger partial charge in [0.1, 0.15) is 17.1 Å². The number of piperidine rings is 1. The second-order valence-corrected chi connectivity index (χ2v) is 8.38. The third-order valence-electron chi connectivity index (χ3n) is 6.21. The summed E-state index contributed by atoms with van der Waals surface area (Å²) in [7, 11) is 1.59. The number of ether oxygens (including phenoxy) is 2. The van der Waals surface area contributed by atoms with Gasteiger partial charge in [-0.1, -0.05) is 0 Å². The van der Waals surface area contributed by atoms with Gasteiger partial charge in [0.25, 0.3) is 5.91 Å². The number of Topliss-reactive ketones (excluding diaryl/α,β-unsaturated/α-hetero) is 1. The molecule has 1 saturated heterocycles. The number of methoxy groups -OCH3 is 1. The number of likely N-dealkylation sites (tertiary alicyclic amines) is 1. The van der Waals surface area contributed by atoms with Crippen molar-refractivity contribution in [3.63, 3.8) is 0 Å². The van der Waals surface area contributed by atoms with Crippen LogP contribution in [0.15, 0.2) is 30.3 Å². The molecule has 5 rings (SSSR count). The number of fused-ring (bicyclic) bond motifs is 2. The van der Waals surface area contributed by atoms with E-state index in [1.165, 1.54) is 0 Å². The van der Waals surface area contributed by atoms with E-state index in [2.05, 4.69) is 10.1 Å². The summed E-state index contributed by atoms with van der Waals surface area (Å²) in [4.78, 5) is 32.1. The number of aryl methyl sites for hydroxylation is 2. The summed E-state index contributed by atoms with van der Waals surface area (Å²) in [5, 5.41) is 4.46. The summed E-state index contributed by atoms with van der Waals surface area (Å²) in [5.74, 6) is 1.16. The molecule has 2 aliphatic heterocycles. The molecule has 160 valence electrons. The van der Waals surface area contributed by atoms with Crippen LogP contribution in [0, 0.1) is 13.8 Å². The number of hydrogen-bond acceptors (Lipinski definition) is 6. The van der Waals surface area contributed by atoms with E-state index in [1.807, 2.05) is 19.9 Å². The average molecular weight is 420 g/mol. The number of hydrogen-bond donors (Lipinski definition) is 0. The van der Waals surface area contributed by atoms with E-state index in [-0.39, 0.29) is 11.7 Å². The van der Waals surface area contributed by atoms with Crippen LogP contribution in [0.25, 0.3) is 5.65 Å². The van der Waals surface area contributed by atoms with Crippen LogP contribution in [0.3, 0.4) is 0 Å². The number of nitrogens with zero attached hydrogens (tertiary/aromatic N) is 4. The highest BCUT2D eigenvalue weighted by molar-refractivity contribution is 6.00. The van der Waals surface area contributed by atoms with E-state index in [0.717, 1.165) is 11.4 Å². The number of ketones is 1. The first kappa shape index (κ1) is 19.5. The molecule has 0 bridgehead atoms. The second kappa shape index (κ2) is 7.08. The maximum Gasteiger partial charge on any atom is 0.274 e. The summed E-state index contributed by atoms with van der Waals surface area (Å²) in [6, 6.07) is 8.95. The number of carbonyl (C=O) groups excluding carboxylic acids is 2. The molecule has 8 heteroatoms. The number of carbonyl (C=O) groups is 2. The molecule has 0 saturated carbocycles. The lowest BCUT2D eigenvalue weighted by molar-refractivity contribution is -0.00595. The predicted molar refractivity (Wildman–Crippen MR) is 113 cm³/mol. The Kier molecular flexibility index (Phi) is 4.46. The monoisotopic (exact) mass is 420 g/mol. The van der Waals surface area contributed by atoms with Gasteiger partial charge in [-0.2, -0.15) is 5.10 Å².